The fourth-order valence-electron chi connectivity index (χ4n) is 3.30. The quantitative estimate of drug-likeness (QED) is 0.268. The van der Waals surface area contributed by atoms with Gasteiger partial charge >= 0.3 is 0 Å². The predicted molar refractivity (Wildman–Crippen MR) is 114 cm³/mol. The molecule has 0 aromatic carbocycles. The van der Waals surface area contributed by atoms with E-state index in [0.717, 1.165) is 36.9 Å². The van der Waals surface area contributed by atoms with Crippen molar-refractivity contribution in [3.63, 3.8) is 0 Å². The Balaban J connectivity index is 0.00000264. The van der Waals surface area contributed by atoms with Crippen molar-refractivity contribution < 1.29 is 0 Å². The van der Waals surface area contributed by atoms with E-state index in [-0.39, 0.29) is 24.0 Å². The van der Waals surface area contributed by atoms with E-state index in [0.29, 0.717) is 0 Å². The molecule has 0 aromatic rings. The predicted octanol–water partition coefficient (Wildman–Crippen LogP) is 3.32. The normalized spacial score (nSPS) is 25.9. The van der Waals surface area contributed by atoms with Gasteiger partial charge in [0.2, 0.25) is 0 Å². The number of rotatable bonds is 7. The van der Waals surface area contributed by atoms with Crippen molar-refractivity contribution in [3.8, 4) is 0 Å². The molecule has 0 spiro atoms. The van der Waals surface area contributed by atoms with E-state index in [9.17, 15) is 0 Å². The number of likely N-dealkylation sites (tertiary alicyclic amines) is 1. The highest BCUT2D eigenvalue weighted by atomic mass is 127. The van der Waals surface area contributed by atoms with E-state index in [1.807, 2.05) is 0 Å². The van der Waals surface area contributed by atoms with Gasteiger partial charge in [0.25, 0.3) is 0 Å². The van der Waals surface area contributed by atoms with Crippen LogP contribution in [0.1, 0.15) is 52.4 Å². The molecule has 2 saturated heterocycles. The maximum absolute atomic E-state index is 4.75. The first kappa shape index (κ1) is 21.4. The molecule has 4 nitrogen and oxygen atoms in total. The first-order chi connectivity index (χ1) is 10.8. The zero-order valence-corrected chi connectivity index (χ0v) is 18.0. The number of hydrogen-bond acceptors (Lipinski definition) is 3. The Bertz CT molecular complexity index is 335. The second-order valence-corrected chi connectivity index (χ2v) is 7.92. The van der Waals surface area contributed by atoms with Crippen LogP contribution in [0.3, 0.4) is 0 Å². The molecule has 0 saturated carbocycles. The average molecular weight is 454 g/mol. The van der Waals surface area contributed by atoms with Crippen LogP contribution < -0.4 is 10.6 Å². The number of halogens is 1. The molecular formula is C17H35IN4S. The Morgan fingerprint density at radius 2 is 2.09 bits per heavy atom. The van der Waals surface area contributed by atoms with Crippen molar-refractivity contribution in [3.05, 3.63) is 0 Å². The maximum Gasteiger partial charge on any atom is 0.191 e. The number of nitrogens with zero attached hydrogens (tertiary/aromatic N) is 2. The Hall–Kier alpha value is 0.310. The molecular weight excluding hydrogens is 419 g/mol. The first-order valence-electron chi connectivity index (χ1n) is 9.17. The lowest BCUT2D eigenvalue weighted by Crippen LogP contribution is -2.41. The van der Waals surface area contributed by atoms with Crippen LogP contribution in [0, 0.1) is 0 Å². The Kier molecular flexibility index (Phi) is 11.7. The van der Waals surface area contributed by atoms with Crippen molar-refractivity contribution in [2.45, 2.75) is 63.7 Å². The van der Waals surface area contributed by atoms with Crippen LogP contribution in [0.5, 0.6) is 0 Å². The average Bonchev–Trinajstić information content (AvgIpc) is 3.04. The number of hydrogen-bond donors (Lipinski definition) is 2. The highest BCUT2D eigenvalue weighted by Gasteiger charge is 2.17. The van der Waals surface area contributed by atoms with E-state index < -0.39 is 0 Å². The van der Waals surface area contributed by atoms with Crippen molar-refractivity contribution in [1.82, 2.24) is 15.5 Å². The van der Waals surface area contributed by atoms with Crippen LogP contribution in [-0.2, 0) is 0 Å². The van der Waals surface area contributed by atoms with Crippen molar-refractivity contribution in [1.29, 1.82) is 0 Å². The van der Waals surface area contributed by atoms with Crippen molar-refractivity contribution in [2.24, 2.45) is 4.99 Å². The zero-order chi connectivity index (χ0) is 15.6. The summed E-state index contributed by atoms with van der Waals surface area (Å²) in [6.07, 6.45) is 8.06. The Morgan fingerprint density at radius 3 is 2.78 bits per heavy atom. The zero-order valence-electron chi connectivity index (χ0n) is 14.9. The molecule has 136 valence electrons. The van der Waals surface area contributed by atoms with Gasteiger partial charge in [-0.2, -0.15) is 11.8 Å². The van der Waals surface area contributed by atoms with E-state index >= 15 is 0 Å². The van der Waals surface area contributed by atoms with E-state index in [2.05, 4.69) is 41.1 Å². The van der Waals surface area contributed by atoms with Crippen LogP contribution >= 0.6 is 35.7 Å². The molecule has 0 aromatic heterocycles. The minimum absolute atomic E-state index is 0. The van der Waals surface area contributed by atoms with Crippen molar-refractivity contribution in [2.75, 3.05) is 38.5 Å². The van der Waals surface area contributed by atoms with Gasteiger partial charge < -0.3 is 15.5 Å². The Morgan fingerprint density at radius 1 is 1.22 bits per heavy atom. The van der Waals surface area contributed by atoms with E-state index in [4.69, 9.17) is 4.99 Å². The number of guanidine groups is 1. The fraction of sp³-hybridized carbons (Fsp3) is 0.941. The molecule has 2 atom stereocenters. The molecule has 2 heterocycles. The lowest BCUT2D eigenvalue weighted by molar-refractivity contribution is 0.159. The topological polar surface area (TPSA) is 39.7 Å². The first-order valence-corrected chi connectivity index (χ1v) is 10.2. The number of aliphatic imine (C=N–C) groups is 1. The van der Waals surface area contributed by atoms with Gasteiger partial charge in [0, 0.05) is 30.9 Å². The summed E-state index contributed by atoms with van der Waals surface area (Å²) in [7, 11) is 0. The molecule has 2 aliphatic heterocycles. The largest absolute Gasteiger partial charge is 0.357 e. The maximum atomic E-state index is 4.75. The van der Waals surface area contributed by atoms with Crippen LogP contribution in [0.2, 0.25) is 0 Å². The SMILES string of the molecule is CCNC(=NCC1CCCS1)NCCCN1CCCCC1C.I. The second kappa shape index (κ2) is 12.6. The minimum atomic E-state index is 0. The number of piperidine rings is 1. The summed E-state index contributed by atoms with van der Waals surface area (Å²) in [6, 6.07) is 0.773. The number of thioether (sulfide) groups is 1. The third-order valence-electron chi connectivity index (χ3n) is 4.68. The highest BCUT2D eigenvalue weighted by Crippen LogP contribution is 2.25. The van der Waals surface area contributed by atoms with Gasteiger partial charge in [-0.05, 0) is 58.2 Å². The monoisotopic (exact) mass is 454 g/mol. The van der Waals surface area contributed by atoms with Gasteiger partial charge in [-0.3, -0.25) is 4.99 Å². The lowest BCUT2D eigenvalue weighted by atomic mass is 10.0. The molecule has 23 heavy (non-hydrogen) atoms. The minimum Gasteiger partial charge on any atom is -0.357 e. The lowest BCUT2D eigenvalue weighted by Gasteiger charge is -2.33. The fourth-order valence-corrected chi connectivity index (χ4v) is 4.48. The number of nitrogens with one attached hydrogen (secondary N) is 2. The summed E-state index contributed by atoms with van der Waals surface area (Å²) >= 11 is 2.08. The molecule has 2 rings (SSSR count). The van der Waals surface area contributed by atoms with E-state index in [1.54, 1.807) is 0 Å². The summed E-state index contributed by atoms with van der Waals surface area (Å²) in [4.78, 5) is 7.40. The standard InChI is InChI=1S/C17H34N4S.HI/c1-3-18-17(20-14-16-9-6-13-22-16)19-10-7-12-21-11-5-4-8-15(21)2;/h15-16H,3-14H2,1-2H3,(H2,18,19,20);1H. The van der Waals surface area contributed by atoms with Gasteiger partial charge in [0.15, 0.2) is 5.96 Å². The van der Waals surface area contributed by atoms with Crippen LogP contribution in [0.25, 0.3) is 0 Å². The molecule has 2 fully saturated rings. The van der Waals surface area contributed by atoms with Crippen LogP contribution in [0.15, 0.2) is 4.99 Å². The van der Waals surface area contributed by atoms with Crippen LogP contribution in [0.4, 0.5) is 0 Å². The molecule has 2 N–H and O–H groups in total. The molecule has 0 bridgehead atoms. The van der Waals surface area contributed by atoms with Crippen LogP contribution in [-0.4, -0.2) is 60.6 Å². The molecule has 2 aliphatic rings. The van der Waals surface area contributed by atoms with Gasteiger partial charge in [0.1, 0.15) is 0 Å². The summed E-state index contributed by atoms with van der Waals surface area (Å²) in [5.74, 6) is 2.32. The third-order valence-corrected chi connectivity index (χ3v) is 6.06. The van der Waals surface area contributed by atoms with Gasteiger partial charge in [-0.1, -0.05) is 6.42 Å². The van der Waals surface area contributed by atoms with Crippen molar-refractivity contribution >= 4 is 41.7 Å². The smallest absolute Gasteiger partial charge is 0.191 e. The highest BCUT2D eigenvalue weighted by molar-refractivity contribution is 14.0. The summed E-state index contributed by atoms with van der Waals surface area (Å²) < 4.78 is 0. The van der Waals surface area contributed by atoms with Gasteiger partial charge in [-0.15, -0.1) is 24.0 Å². The van der Waals surface area contributed by atoms with E-state index in [1.165, 1.54) is 57.4 Å². The third kappa shape index (κ3) is 8.29. The summed E-state index contributed by atoms with van der Waals surface area (Å²) in [5, 5.41) is 7.61. The molecule has 2 unspecified atom stereocenters. The van der Waals surface area contributed by atoms with Gasteiger partial charge in [-0.25, -0.2) is 0 Å². The van der Waals surface area contributed by atoms with Gasteiger partial charge in [0.05, 0.1) is 6.54 Å². The second-order valence-electron chi connectivity index (χ2n) is 6.52. The Labute approximate surface area is 164 Å². The summed E-state index contributed by atoms with van der Waals surface area (Å²) in [6.45, 7) is 9.93. The molecule has 6 heteroatoms. The summed E-state index contributed by atoms with van der Waals surface area (Å²) in [5.41, 5.74) is 0. The molecule has 0 aliphatic carbocycles. The molecule has 0 amide bonds. The molecule has 0 radical (unpaired) electrons.